The lowest BCUT2D eigenvalue weighted by atomic mass is 9.93. The van der Waals surface area contributed by atoms with Crippen LogP contribution in [-0.2, 0) is 4.79 Å². The highest BCUT2D eigenvalue weighted by atomic mass is 16.5. The summed E-state index contributed by atoms with van der Waals surface area (Å²) in [7, 11) is 0. The van der Waals surface area contributed by atoms with Gasteiger partial charge in [-0.05, 0) is 44.4 Å². The summed E-state index contributed by atoms with van der Waals surface area (Å²) in [5, 5.41) is 0. The van der Waals surface area contributed by atoms with Gasteiger partial charge in [0, 0.05) is 5.56 Å². The molecule has 1 unspecified atom stereocenters. The lowest BCUT2D eigenvalue weighted by molar-refractivity contribution is -0.136. The van der Waals surface area contributed by atoms with Crippen molar-refractivity contribution in [2.24, 2.45) is 0 Å². The van der Waals surface area contributed by atoms with Crippen LogP contribution in [0.4, 0.5) is 0 Å². The first-order valence-corrected chi connectivity index (χ1v) is 7.57. The molecular formula is C19H20O3. The van der Waals surface area contributed by atoms with Crippen molar-refractivity contribution in [2.75, 3.05) is 6.61 Å². The highest BCUT2D eigenvalue weighted by molar-refractivity contribution is 5.82. The summed E-state index contributed by atoms with van der Waals surface area (Å²) in [5.74, 6) is 1.00. The van der Waals surface area contributed by atoms with E-state index < -0.39 is 0 Å². The molecule has 1 aliphatic heterocycles. The molecule has 3 heteroatoms. The van der Waals surface area contributed by atoms with E-state index in [2.05, 4.69) is 0 Å². The second kappa shape index (κ2) is 5.84. The first-order valence-electron chi connectivity index (χ1n) is 7.57. The molecule has 0 radical (unpaired) electrons. The van der Waals surface area contributed by atoms with Crippen molar-refractivity contribution in [3.63, 3.8) is 0 Å². The zero-order chi connectivity index (χ0) is 15.7. The van der Waals surface area contributed by atoms with Gasteiger partial charge in [0.05, 0.1) is 12.5 Å². The third-order valence-corrected chi connectivity index (χ3v) is 4.05. The minimum Gasteiger partial charge on any atom is -0.493 e. The van der Waals surface area contributed by atoms with E-state index in [1.165, 1.54) is 5.56 Å². The van der Waals surface area contributed by atoms with Crippen LogP contribution in [-0.4, -0.2) is 12.6 Å². The number of fused-ring (bicyclic) bond motifs is 1. The maximum atomic E-state index is 12.6. The van der Waals surface area contributed by atoms with E-state index in [0.717, 1.165) is 22.4 Å². The summed E-state index contributed by atoms with van der Waals surface area (Å²) < 4.78 is 11.3. The number of benzene rings is 2. The SMILES string of the molecule is Cc1cc(C)c(OC(=O)C2CCOc3ccccc32)c(C)c1. The molecule has 0 N–H and O–H groups in total. The van der Waals surface area contributed by atoms with Gasteiger partial charge >= 0.3 is 5.97 Å². The van der Waals surface area contributed by atoms with Crippen LogP contribution in [0.3, 0.4) is 0 Å². The number of carbonyl (C=O) groups excluding carboxylic acids is 1. The summed E-state index contributed by atoms with van der Waals surface area (Å²) in [6.07, 6.45) is 0.653. The molecule has 0 bridgehead atoms. The van der Waals surface area contributed by atoms with Crippen molar-refractivity contribution in [3.05, 3.63) is 58.7 Å². The van der Waals surface area contributed by atoms with E-state index in [4.69, 9.17) is 9.47 Å². The van der Waals surface area contributed by atoms with Gasteiger partial charge in [0.15, 0.2) is 0 Å². The van der Waals surface area contributed by atoms with Crippen molar-refractivity contribution in [3.8, 4) is 11.5 Å². The van der Waals surface area contributed by atoms with Crippen LogP contribution in [0.25, 0.3) is 0 Å². The summed E-state index contributed by atoms with van der Waals surface area (Å²) in [6.45, 7) is 6.53. The van der Waals surface area contributed by atoms with Crippen LogP contribution >= 0.6 is 0 Å². The lowest BCUT2D eigenvalue weighted by Gasteiger charge is -2.25. The highest BCUT2D eigenvalue weighted by Gasteiger charge is 2.29. The molecule has 0 saturated carbocycles. The number of aryl methyl sites for hydroxylation is 3. The smallest absolute Gasteiger partial charge is 0.319 e. The number of rotatable bonds is 2. The van der Waals surface area contributed by atoms with Gasteiger partial charge in [0.1, 0.15) is 11.5 Å². The van der Waals surface area contributed by atoms with Gasteiger partial charge in [0.2, 0.25) is 0 Å². The second-order valence-electron chi connectivity index (χ2n) is 5.88. The van der Waals surface area contributed by atoms with Crippen molar-refractivity contribution in [1.29, 1.82) is 0 Å². The lowest BCUT2D eigenvalue weighted by Crippen LogP contribution is -2.25. The molecular weight excluding hydrogens is 276 g/mol. The maximum Gasteiger partial charge on any atom is 0.319 e. The Hall–Kier alpha value is -2.29. The first kappa shape index (κ1) is 14.6. The van der Waals surface area contributed by atoms with Crippen molar-refractivity contribution in [1.82, 2.24) is 0 Å². The van der Waals surface area contributed by atoms with Gasteiger partial charge in [-0.3, -0.25) is 4.79 Å². The average molecular weight is 296 g/mol. The molecule has 0 aromatic heterocycles. The Kier molecular flexibility index (Phi) is 3.88. The van der Waals surface area contributed by atoms with E-state index >= 15 is 0 Å². The van der Waals surface area contributed by atoms with E-state index in [-0.39, 0.29) is 11.9 Å². The molecule has 1 heterocycles. The number of hydrogen-bond acceptors (Lipinski definition) is 3. The summed E-state index contributed by atoms with van der Waals surface area (Å²) >= 11 is 0. The topological polar surface area (TPSA) is 35.5 Å². The molecule has 2 aromatic carbocycles. The maximum absolute atomic E-state index is 12.6. The van der Waals surface area contributed by atoms with Gasteiger partial charge in [-0.25, -0.2) is 0 Å². The first-order chi connectivity index (χ1) is 10.6. The summed E-state index contributed by atoms with van der Waals surface area (Å²) in [5.41, 5.74) is 4.07. The Morgan fingerprint density at radius 1 is 1.14 bits per heavy atom. The molecule has 0 amide bonds. The van der Waals surface area contributed by atoms with Gasteiger partial charge in [-0.1, -0.05) is 35.9 Å². The fourth-order valence-electron chi connectivity index (χ4n) is 3.09. The van der Waals surface area contributed by atoms with Gasteiger partial charge in [-0.2, -0.15) is 0 Å². The molecule has 0 saturated heterocycles. The van der Waals surface area contributed by atoms with Crippen molar-refractivity contribution >= 4 is 5.97 Å². The molecule has 2 aromatic rings. The Morgan fingerprint density at radius 3 is 2.55 bits per heavy atom. The largest absolute Gasteiger partial charge is 0.493 e. The minimum absolute atomic E-state index is 0.203. The average Bonchev–Trinajstić information content (AvgIpc) is 2.50. The van der Waals surface area contributed by atoms with E-state index in [9.17, 15) is 4.79 Å². The molecule has 114 valence electrons. The van der Waals surface area contributed by atoms with E-state index in [1.807, 2.05) is 57.2 Å². The van der Waals surface area contributed by atoms with Crippen LogP contribution in [0.15, 0.2) is 36.4 Å². The van der Waals surface area contributed by atoms with Gasteiger partial charge in [0.25, 0.3) is 0 Å². The summed E-state index contributed by atoms with van der Waals surface area (Å²) in [6, 6.07) is 11.8. The molecule has 1 atom stereocenters. The summed E-state index contributed by atoms with van der Waals surface area (Å²) in [4.78, 5) is 12.6. The molecule has 0 fully saturated rings. The predicted octanol–water partition coefficient (Wildman–Crippen LogP) is 4.08. The van der Waals surface area contributed by atoms with Gasteiger partial charge in [-0.15, -0.1) is 0 Å². The third kappa shape index (κ3) is 2.71. The Balaban J connectivity index is 1.88. The molecule has 0 spiro atoms. The fourth-order valence-corrected chi connectivity index (χ4v) is 3.09. The molecule has 3 nitrogen and oxygen atoms in total. The zero-order valence-corrected chi connectivity index (χ0v) is 13.2. The van der Waals surface area contributed by atoms with Gasteiger partial charge < -0.3 is 9.47 Å². The monoisotopic (exact) mass is 296 g/mol. The molecule has 1 aliphatic rings. The Labute approximate surface area is 130 Å². The van der Waals surface area contributed by atoms with Crippen LogP contribution in [0.1, 0.15) is 34.6 Å². The number of carbonyl (C=O) groups is 1. The molecule has 0 aliphatic carbocycles. The quantitative estimate of drug-likeness (QED) is 0.618. The Morgan fingerprint density at radius 2 is 1.82 bits per heavy atom. The van der Waals surface area contributed by atoms with Crippen LogP contribution < -0.4 is 9.47 Å². The fraction of sp³-hybridized carbons (Fsp3) is 0.316. The highest BCUT2D eigenvalue weighted by Crippen LogP contribution is 2.35. The molecule has 22 heavy (non-hydrogen) atoms. The number of ether oxygens (including phenoxy) is 2. The van der Waals surface area contributed by atoms with E-state index in [1.54, 1.807) is 0 Å². The zero-order valence-electron chi connectivity index (χ0n) is 13.2. The van der Waals surface area contributed by atoms with Crippen LogP contribution in [0, 0.1) is 20.8 Å². The number of esters is 1. The minimum atomic E-state index is -0.259. The molecule has 3 rings (SSSR count). The third-order valence-electron chi connectivity index (χ3n) is 4.05. The van der Waals surface area contributed by atoms with Crippen molar-refractivity contribution in [2.45, 2.75) is 33.1 Å². The Bertz CT molecular complexity index is 695. The standard InChI is InChI=1S/C19H20O3/c1-12-10-13(2)18(14(3)11-12)22-19(20)16-8-9-21-17-7-5-4-6-15(16)17/h4-7,10-11,16H,8-9H2,1-3H3. The van der Waals surface area contributed by atoms with Crippen molar-refractivity contribution < 1.29 is 14.3 Å². The number of hydrogen-bond donors (Lipinski definition) is 0. The predicted molar refractivity (Wildman–Crippen MR) is 85.6 cm³/mol. The van der Waals surface area contributed by atoms with E-state index in [0.29, 0.717) is 18.8 Å². The normalized spacial score (nSPS) is 16.6. The number of para-hydroxylation sites is 1. The van der Waals surface area contributed by atoms with Crippen LogP contribution in [0.5, 0.6) is 11.5 Å². The van der Waals surface area contributed by atoms with Crippen LogP contribution in [0.2, 0.25) is 0 Å². The second-order valence-corrected chi connectivity index (χ2v) is 5.88.